The van der Waals surface area contributed by atoms with E-state index < -0.39 is 29.7 Å². The van der Waals surface area contributed by atoms with Crippen molar-refractivity contribution in [1.29, 1.82) is 0 Å². The molecule has 0 spiro atoms. The minimum absolute atomic E-state index is 0.0849. The van der Waals surface area contributed by atoms with Crippen molar-refractivity contribution in [1.82, 2.24) is 34.6 Å². The summed E-state index contributed by atoms with van der Waals surface area (Å²) in [6.07, 6.45) is 12.2. The number of amides is 5. The molecule has 9 rings (SSSR count). The highest BCUT2D eigenvalue weighted by Crippen LogP contribution is 2.36. The van der Waals surface area contributed by atoms with Gasteiger partial charge in [-0.1, -0.05) is 0 Å². The number of aryl methyl sites for hydroxylation is 1. The van der Waals surface area contributed by atoms with E-state index in [1.54, 1.807) is 35.1 Å². The highest BCUT2D eigenvalue weighted by Gasteiger charge is 2.44. The Bertz CT molecular complexity index is 2320. The monoisotopic (exact) mass is 715 g/mol. The topological polar surface area (TPSA) is 173 Å². The van der Waals surface area contributed by atoms with Crippen molar-refractivity contribution in [2.24, 2.45) is 11.8 Å². The van der Waals surface area contributed by atoms with Gasteiger partial charge in [0, 0.05) is 61.8 Å². The number of nitrogens with zero attached hydrogens (tertiary/aromatic N) is 7. The molecule has 1 aliphatic carbocycles. The quantitative estimate of drug-likeness (QED) is 0.203. The van der Waals surface area contributed by atoms with Gasteiger partial charge in [-0.2, -0.15) is 10.2 Å². The Labute approximate surface area is 303 Å². The molecule has 6 heterocycles. The van der Waals surface area contributed by atoms with Crippen molar-refractivity contribution in [3.8, 4) is 5.75 Å². The Kier molecular flexibility index (Phi) is 8.12. The molecule has 2 N–H and O–H groups in total. The first-order valence-corrected chi connectivity index (χ1v) is 18.1. The SMILES string of the molecule is O=C1CCC(N2C(=O)c3ccc(N4CCC(CCn5cc6cc(NC(=O)c7cnn8cccnc78)c(OCC7CC7)cc6n5)CC4)cc3C2=O)C(=O)N1. The van der Waals surface area contributed by atoms with Gasteiger partial charge in [0.05, 0.1) is 35.1 Å². The zero-order valence-corrected chi connectivity index (χ0v) is 28.9. The summed E-state index contributed by atoms with van der Waals surface area (Å²) in [5.74, 6) is -0.731. The first-order valence-electron chi connectivity index (χ1n) is 18.1. The van der Waals surface area contributed by atoms with Gasteiger partial charge >= 0.3 is 0 Å². The highest BCUT2D eigenvalue weighted by molar-refractivity contribution is 6.23. The van der Waals surface area contributed by atoms with E-state index >= 15 is 0 Å². The molecule has 2 aromatic carbocycles. The van der Waals surface area contributed by atoms with E-state index in [1.165, 1.54) is 6.20 Å². The van der Waals surface area contributed by atoms with Crippen LogP contribution in [0.2, 0.25) is 0 Å². The summed E-state index contributed by atoms with van der Waals surface area (Å²) in [7, 11) is 0. The molecule has 0 bridgehead atoms. The average Bonchev–Trinajstić information content (AvgIpc) is 3.67. The van der Waals surface area contributed by atoms with E-state index in [2.05, 4.69) is 25.6 Å². The van der Waals surface area contributed by atoms with E-state index in [9.17, 15) is 24.0 Å². The number of carbonyl (C=O) groups is 5. The largest absolute Gasteiger partial charge is 0.491 e. The van der Waals surface area contributed by atoms with Crippen molar-refractivity contribution in [2.75, 3.05) is 29.9 Å². The van der Waals surface area contributed by atoms with Gasteiger partial charge in [-0.05, 0) is 80.7 Å². The van der Waals surface area contributed by atoms with Gasteiger partial charge in [0.25, 0.3) is 17.7 Å². The Balaban J connectivity index is 0.841. The zero-order chi connectivity index (χ0) is 36.2. The number of ether oxygens (including phenoxy) is 1. The summed E-state index contributed by atoms with van der Waals surface area (Å²) >= 11 is 0. The second kappa shape index (κ2) is 13.1. The van der Waals surface area contributed by atoms with Crippen molar-refractivity contribution < 1.29 is 28.7 Å². The summed E-state index contributed by atoms with van der Waals surface area (Å²) in [6.45, 7) is 2.93. The number of hydrogen-bond acceptors (Lipinski definition) is 10. The third-order valence-electron chi connectivity index (χ3n) is 10.8. The molecule has 2 saturated heterocycles. The molecular weight excluding hydrogens is 678 g/mol. The number of aromatic nitrogens is 5. The minimum atomic E-state index is -0.982. The van der Waals surface area contributed by atoms with E-state index in [-0.39, 0.29) is 24.3 Å². The van der Waals surface area contributed by atoms with E-state index in [4.69, 9.17) is 9.84 Å². The predicted molar refractivity (Wildman–Crippen MR) is 192 cm³/mol. The molecule has 1 unspecified atom stereocenters. The maximum atomic E-state index is 13.4. The van der Waals surface area contributed by atoms with Gasteiger partial charge in [-0.15, -0.1) is 0 Å². The lowest BCUT2D eigenvalue weighted by Gasteiger charge is -2.33. The Morgan fingerprint density at radius 3 is 2.60 bits per heavy atom. The van der Waals surface area contributed by atoms with Crippen LogP contribution in [0.1, 0.15) is 76.0 Å². The number of nitrogens with one attached hydrogen (secondary N) is 2. The molecular formula is C38H37N9O6. The summed E-state index contributed by atoms with van der Waals surface area (Å²) in [5, 5.41) is 15.3. The first-order chi connectivity index (χ1) is 25.8. The number of benzene rings is 2. The summed E-state index contributed by atoms with van der Waals surface area (Å²) in [6, 6.07) is 9.87. The van der Waals surface area contributed by atoms with Gasteiger partial charge in [-0.25, -0.2) is 9.50 Å². The summed E-state index contributed by atoms with van der Waals surface area (Å²) in [5.41, 5.74) is 3.66. The highest BCUT2D eigenvalue weighted by atomic mass is 16.5. The molecule has 3 aromatic heterocycles. The van der Waals surface area contributed by atoms with Crippen LogP contribution in [-0.2, 0) is 16.1 Å². The average molecular weight is 716 g/mol. The summed E-state index contributed by atoms with van der Waals surface area (Å²) in [4.78, 5) is 71.4. The third-order valence-corrected chi connectivity index (χ3v) is 10.8. The fourth-order valence-electron chi connectivity index (χ4n) is 7.55. The van der Waals surface area contributed by atoms with Gasteiger partial charge < -0.3 is 15.0 Å². The number of piperidine rings is 2. The van der Waals surface area contributed by atoms with Crippen molar-refractivity contribution in [2.45, 2.75) is 57.5 Å². The molecule has 1 atom stereocenters. The molecule has 4 aliphatic rings. The number of anilines is 2. The van der Waals surface area contributed by atoms with E-state index in [1.807, 2.05) is 29.1 Å². The van der Waals surface area contributed by atoms with Gasteiger partial charge in [0.2, 0.25) is 11.8 Å². The molecule has 15 nitrogen and oxygen atoms in total. The second-order valence-corrected chi connectivity index (χ2v) is 14.4. The molecule has 15 heteroatoms. The molecule has 5 amide bonds. The Morgan fingerprint density at radius 2 is 1.79 bits per heavy atom. The number of rotatable bonds is 10. The molecule has 1 saturated carbocycles. The minimum Gasteiger partial charge on any atom is -0.491 e. The van der Waals surface area contributed by atoms with Gasteiger partial charge in [-0.3, -0.25) is 38.9 Å². The van der Waals surface area contributed by atoms with Crippen molar-refractivity contribution in [3.05, 3.63) is 77.9 Å². The van der Waals surface area contributed by atoms with E-state index in [0.717, 1.165) is 73.2 Å². The fourth-order valence-corrected chi connectivity index (χ4v) is 7.55. The van der Waals surface area contributed by atoms with Gasteiger partial charge in [0.1, 0.15) is 17.4 Å². The molecule has 270 valence electrons. The maximum Gasteiger partial charge on any atom is 0.262 e. The summed E-state index contributed by atoms with van der Waals surface area (Å²) < 4.78 is 9.71. The van der Waals surface area contributed by atoms with Crippen LogP contribution in [0.5, 0.6) is 5.75 Å². The van der Waals surface area contributed by atoms with E-state index in [0.29, 0.717) is 46.7 Å². The maximum absolute atomic E-state index is 13.4. The van der Waals surface area contributed by atoms with Crippen molar-refractivity contribution >= 4 is 57.5 Å². The molecule has 3 aliphatic heterocycles. The zero-order valence-electron chi connectivity index (χ0n) is 28.9. The lowest BCUT2D eigenvalue weighted by molar-refractivity contribution is -0.136. The van der Waals surface area contributed by atoms with Crippen LogP contribution in [0, 0.1) is 11.8 Å². The third kappa shape index (κ3) is 6.25. The van der Waals surface area contributed by atoms with Crippen LogP contribution in [0.4, 0.5) is 11.4 Å². The molecule has 0 radical (unpaired) electrons. The smallest absolute Gasteiger partial charge is 0.262 e. The normalized spacial score (nSPS) is 19.3. The molecule has 3 fully saturated rings. The lowest BCUT2D eigenvalue weighted by atomic mass is 9.93. The first kappa shape index (κ1) is 32.8. The second-order valence-electron chi connectivity index (χ2n) is 14.4. The van der Waals surface area contributed by atoms with Crippen molar-refractivity contribution in [3.63, 3.8) is 0 Å². The number of fused-ring (bicyclic) bond motifs is 3. The van der Waals surface area contributed by atoms with Gasteiger partial charge in [0.15, 0.2) is 5.65 Å². The fraction of sp³-hybridized carbons (Fsp3) is 0.368. The number of hydrogen-bond donors (Lipinski definition) is 2. The number of imide groups is 2. The predicted octanol–water partition coefficient (Wildman–Crippen LogP) is 3.83. The Hall–Kier alpha value is -6.12. The lowest BCUT2D eigenvalue weighted by Crippen LogP contribution is -2.54. The van der Waals surface area contributed by atoms with Crippen LogP contribution in [0.15, 0.2) is 61.2 Å². The molecule has 5 aromatic rings. The van der Waals surface area contributed by atoms with Crippen LogP contribution in [0.25, 0.3) is 16.6 Å². The molecule has 53 heavy (non-hydrogen) atoms. The van der Waals surface area contributed by atoms with Crippen LogP contribution >= 0.6 is 0 Å². The number of carbonyl (C=O) groups excluding carboxylic acids is 5. The van der Waals surface area contributed by atoms with Crippen LogP contribution in [0.3, 0.4) is 0 Å². The van der Waals surface area contributed by atoms with Crippen LogP contribution in [-0.4, -0.2) is 84.6 Å². The van der Waals surface area contributed by atoms with Crippen LogP contribution < -0.4 is 20.3 Å². The Morgan fingerprint density at radius 1 is 0.962 bits per heavy atom. The standard InChI is InChI=1S/C38H37N9O6/c48-33-7-6-31(36(50)42-33)47-37(51)26-5-4-25(17-27(26)38(47)52)44-13-8-22(9-14-44)10-15-45-20-24-16-30(32(18-29(24)43-45)53-21-23-2-3-23)41-35(49)28-19-40-46-12-1-11-39-34(28)46/h1,4-5,11-12,16-20,22-23,31H,2-3,6-10,13-15,21H2,(H,41,49)(H,42,48,50).